The minimum atomic E-state index is 0. The number of aliphatic imine (C=N–C) groups is 1. The first-order valence-corrected chi connectivity index (χ1v) is 9.09. The molecular weight excluding hydrogens is 413 g/mol. The lowest BCUT2D eigenvalue weighted by Gasteiger charge is -2.26. The molecule has 138 valence electrons. The summed E-state index contributed by atoms with van der Waals surface area (Å²) in [7, 11) is 3.81. The zero-order valence-corrected chi connectivity index (χ0v) is 17.8. The third kappa shape index (κ3) is 7.85. The lowest BCUT2D eigenvalue weighted by molar-refractivity contribution is 0.270. The van der Waals surface area contributed by atoms with Gasteiger partial charge < -0.3 is 10.6 Å². The minimum Gasteiger partial charge on any atom is -0.356 e. The Morgan fingerprint density at radius 3 is 2.79 bits per heavy atom. The van der Waals surface area contributed by atoms with Gasteiger partial charge in [0.1, 0.15) is 0 Å². The van der Waals surface area contributed by atoms with Crippen molar-refractivity contribution in [2.45, 2.75) is 51.9 Å². The van der Waals surface area contributed by atoms with Crippen LogP contribution < -0.4 is 10.6 Å². The van der Waals surface area contributed by atoms with Crippen molar-refractivity contribution in [3.63, 3.8) is 0 Å². The highest BCUT2D eigenvalue weighted by Crippen LogP contribution is 2.30. The lowest BCUT2D eigenvalue weighted by Crippen LogP contribution is -2.39. The van der Waals surface area contributed by atoms with Crippen LogP contribution in [0, 0.1) is 11.8 Å². The summed E-state index contributed by atoms with van der Waals surface area (Å²) in [6.07, 6.45) is 13.1. The molecule has 2 rings (SSSR count). The Morgan fingerprint density at radius 1 is 1.33 bits per heavy atom. The SMILES string of the molecule is CN=C(NCCCc1cnn(C)c1)NCCC1CCCC(C)C1.I. The van der Waals surface area contributed by atoms with Crippen LogP contribution in [0.1, 0.15) is 51.0 Å². The Bertz CT molecular complexity index is 486. The van der Waals surface area contributed by atoms with Crippen molar-refractivity contribution in [3.8, 4) is 0 Å². The van der Waals surface area contributed by atoms with E-state index in [2.05, 4.69) is 33.8 Å². The molecule has 2 unspecified atom stereocenters. The summed E-state index contributed by atoms with van der Waals surface area (Å²) in [4.78, 5) is 4.31. The molecule has 1 aliphatic rings. The smallest absolute Gasteiger partial charge is 0.190 e. The van der Waals surface area contributed by atoms with E-state index in [-0.39, 0.29) is 24.0 Å². The number of aryl methyl sites for hydroxylation is 2. The van der Waals surface area contributed by atoms with Gasteiger partial charge in [-0.05, 0) is 43.1 Å². The molecule has 1 aromatic rings. The summed E-state index contributed by atoms with van der Waals surface area (Å²) in [6, 6.07) is 0. The number of guanidine groups is 1. The predicted molar refractivity (Wildman–Crippen MR) is 112 cm³/mol. The van der Waals surface area contributed by atoms with Crippen LogP contribution in [0.2, 0.25) is 0 Å². The predicted octanol–water partition coefficient (Wildman–Crippen LogP) is 3.35. The molecule has 0 aliphatic heterocycles. The van der Waals surface area contributed by atoms with Crippen LogP contribution in [0.3, 0.4) is 0 Å². The van der Waals surface area contributed by atoms with Gasteiger partial charge in [0.2, 0.25) is 0 Å². The maximum Gasteiger partial charge on any atom is 0.190 e. The van der Waals surface area contributed by atoms with Crippen LogP contribution in [-0.4, -0.2) is 35.9 Å². The molecule has 2 atom stereocenters. The quantitative estimate of drug-likeness (QED) is 0.292. The van der Waals surface area contributed by atoms with E-state index in [1.807, 2.05) is 25.0 Å². The Hall–Kier alpha value is -0.790. The average molecular weight is 447 g/mol. The molecule has 2 N–H and O–H groups in total. The van der Waals surface area contributed by atoms with Crippen molar-refractivity contribution in [3.05, 3.63) is 18.0 Å². The van der Waals surface area contributed by atoms with Gasteiger partial charge in [0, 0.05) is 33.4 Å². The maximum atomic E-state index is 4.31. The van der Waals surface area contributed by atoms with E-state index in [0.29, 0.717) is 0 Å². The summed E-state index contributed by atoms with van der Waals surface area (Å²) < 4.78 is 1.86. The Labute approximate surface area is 164 Å². The molecule has 1 saturated carbocycles. The average Bonchev–Trinajstić information content (AvgIpc) is 2.95. The molecule has 6 heteroatoms. The highest BCUT2D eigenvalue weighted by molar-refractivity contribution is 14.0. The molecule has 1 heterocycles. The van der Waals surface area contributed by atoms with E-state index in [0.717, 1.165) is 43.7 Å². The highest BCUT2D eigenvalue weighted by atomic mass is 127. The van der Waals surface area contributed by atoms with Gasteiger partial charge in [-0.1, -0.05) is 26.2 Å². The molecule has 0 radical (unpaired) electrons. The second kappa shape index (κ2) is 11.7. The normalized spacial score (nSPS) is 21.2. The number of aromatic nitrogens is 2. The van der Waals surface area contributed by atoms with E-state index in [9.17, 15) is 0 Å². The molecule has 1 fully saturated rings. The summed E-state index contributed by atoms with van der Waals surface area (Å²) >= 11 is 0. The van der Waals surface area contributed by atoms with Crippen molar-refractivity contribution >= 4 is 29.9 Å². The van der Waals surface area contributed by atoms with Crippen LogP contribution >= 0.6 is 24.0 Å². The Morgan fingerprint density at radius 2 is 2.12 bits per heavy atom. The van der Waals surface area contributed by atoms with Gasteiger partial charge >= 0.3 is 0 Å². The monoisotopic (exact) mass is 447 g/mol. The van der Waals surface area contributed by atoms with Gasteiger partial charge in [-0.2, -0.15) is 5.10 Å². The number of hydrogen-bond donors (Lipinski definition) is 2. The lowest BCUT2D eigenvalue weighted by atomic mass is 9.81. The van der Waals surface area contributed by atoms with Crippen molar-refractivity contribution in [1.82, 2.24) is 20.4 Å². The first-order chi connectivity index (χ1) is 11.2. The largest absolute Gasteiger partial charge is 0.356 e. The fourth-order valence-electron chi connectivity index (χ4n) is 3.54. The van der Waals surface area contributed by atoms with Crippen molar-refractivity contribution < 1.29 is 0 Å². The van der Waals surface area contributed by atoms with Gasteiger partial charge in [0.25, 0.3) is 0 Å². The third-order valence-corrected chi connectivity index (χ3v) is 4.81. The van der Waals surface area contributed by atoms with Gasteiger partial charge in [0.05, 0.1) is 6.20 Å². The van der Waals surface area contributed by atoms with Crippen LogP contribution in [0.15, 0.2) is 17.4 Å². The molecule has 1 aromatic heterocycles. The van der Waals surface area contributed by atoms with E-state index >= 15 is 0 Å². The Kier molecular flexibility index (Phi) is 10.4. The summed E-state index contributed by atoms with van der Waals surface area (Å²) in [5.74, 6) is 2.74. The number of halogens is 1. The molecule has 0 amide bonds. The van der Waals surface area contributed by atoms with Crippen LogP contribution in [0.4, 0.5) is 0 Å². The van der Waals surface area contributed by atoms with Gasteiger partial charge in [0.15, 0.2) is 5.96 Å². The molecule has 24 heavy (non-hydrogen) atoms. The number of rotatable bonds is 7. The van der Waals surface area contributed by atoms with Crippen molar-refractivity contribution in [1.29, 1.82) is 0 Å². The first-order valence-electron chi connectivity index (χ1n) is 9.09. The standard InChI is InChI=1S/C18H33N5.HI/c1-15-6-4-7-16(12-15)9-11-21-18(19-2)20-10-5-8-17-13-22-23(3)14-17;/h13-16H,4-12H2,1-3H3,(H2,19,20,21);1H. The van der Waals surface area contributed by atoms with Gasteiger partial charge in [-0.15, -0.1) is 24.0 Å². The second-order valence-electron chi connectivity index (χ2n) is 6.98. The van der Waals surface area contributed by atoms with E-state index in [1.165, 1.54) is 37.7 Å². The molecule has 5 nitrogen and oxygen atoms in total. The molecule has 1 aliphatic carbocycles. The van der Waals surface area contributed by atoms with Gasteiger partial charge in [-0.3, -0.25) is 9.67 Å². The molecule has 0 aromatic carbocycles. The number of hydrogen-bond acceptors (Lipinski definition) is 2. The molecule has 0 spiro atoms. The Balaban J connectivity index is 0.00000288. The topological polar surface area (TPSA) is 54.2 Å². The van der Waals surface area contributed by atoms with Crippen molar-refractivity contribution in [2.75, 3.05) is 20.1 Å². The van der Waals surface area contributed by atoms with Crippen LogP contribution in [0.25, 0.3) is 0 Å². The molecule has 0 saturated heterocycles. The number of nitrogens with zero attached hydrogens (tertiary/aromatic N) is 3. The number of nitrogens with one attached hydrogen (secondary N) is 2. The fourth-order valence-corrected chi connectivity index (χ4v) is 3.54. The molecular formula is C18H34IN5. The van der Waals surface area contributed by atoms with Crippen LogP contribution in [0.5, 0.6) is 0 Å². The summed E-state index contributed by atoms with van der Waals surface area (Å²) in [6.45, 7) is 4.36. The highest BCUT2D eigenvalue weighted by Gasteiger charge is 2.18. The zero-order chi connectivity index (χ0) is 16.5. The van der Waals surface area contributed by atoms with Crippen molar-refractivity contribution in [2.24, 2.45) is 23.9 Å². The van der Waals surface area contributed by atoms with E-state index < -0.39 is 0 Å². The summed E-state index contributed by atoms with van der Waals surface area (Å²) in [5, 5.41) is 11.1. The molecule has 0 bridgehead atoms. The minimum absolute atomic E-state index is 0. The first kappa shape index (κ1) is 21.3. The van der Waals surface area contributed by atoms with E-state index in [4.69, 9.17) is 0 Å². The summed E-state index contributed by atoms with van der Waals surface area (Å²) in [5.41, 5.74) is 1.30. The van der Waals surface area contributed by atoms with Crippen LogP contribution in [-0.2, 0) is 13.5 Å². The zero-order valence-electron chi connectivity index (χ0n) is 15.4. The maximum absolute atomic E-state index is 4.31. The third-order valence-electron chi connectivity index (χ3n) is 4.81. The van der Waals surface area contributed by atoms with Gasteiger partial charge in [-0.25, -0.2) is 0 Å². The second-order valence-corrected chi connectivity index (χ2v) is 6.98. The van der Waals surface area contributed by atoms with E-state index in [1.54, 1.807) is 0 Å². The fraction of sp³-hybridized carbons (Fsp3) is 0.778.